The van der Waals surface area contributed by atoms with Crippen molar-refractivity contribution in [3.63, 3.8) is 0 Å². The maximum atomic E-state index is 13.9. The number of carbonyl (C=O) groups excluding carboxylic acids is 1. The van der Waals surface area contributed by atoms with Crippen LogP contribution in [0.2, 0.25) is 0 Å². The Hall–Kier alpha value is -2.63. The van der Waals surface area contributed by atoms with Crippen LogP contribution in [0.25, 0.3) is 0 Å². The maximum Gasteiger partial charge on any atom is 0.317 e. The topological polar surface area (TPSA) is 48.5 Å². The van der Waals surface area contributed by atoms with Gasteiger partial charge >= 0.3 is 6.03 Å². The van der Waals surface area contributed by atoms with Gasteiger partial charge in [0.2, 0.25) is 0 Å². The minimum absolute atomic E-state index is 0.0785. The molecule has 3 rings (SSSR count). The fourth-order valence-electron chi connectivity index (χ4n) is 3.22. The molecular formula is C20H25FN4O. The number of nitrogens with zero attached hydrogens (tertiary/aromatic N) is 3. The number of amides is 2. The first-order valence-electron chi connectivity index (χ1n) is 9.02. The number of carbonyl (C=O) groups is 1. The summed E-state index contributed by atoms with van der Waals surface area (Å²) in [5.41, 5.74) is 1.62. The lowest BCUT2D eigenvalue weighted by Crippen LogP contribution is -2.41. The highest BCUT2D eigenvalue weighted by Crippen LogP contribution is 2.25. The third-order valence-corrected chi connectivity index (χ3v) is 4.80. The van der Waals surface area contributed by atoms with E-state index in [1.54, 1.807) is 24.2 Å². The van der Waals surface area contributed by atoms with Crippen molar-refractivity contribution in [3.8, 4) is 0 Å². The molecule has 1 aliphatic heterocycles. The predicted octanol–water partition coefficient (Wildman–Crippen LogP) is 2.93. The molecule has 5 nitrogen and oxygen atoms in total. The fraction of sp³-hybridized carbons (Fsp3) is 0.400. The molecule has 0 bridgehead atoms. The van der Waals surface area contributed by atoms with E-state index in [1.807, 2.05) is 30.3 Å². The first-order valence-corrected chi connectivity index (χ1v) is 9.02. The molecule has 0 saturated carbocycles. The molecule has 138 valence electrons. The number of hydrogen-bond donors (Lipinski definition) is 1. The zero-order valence-corrected chi connectivity index (χ0v) is 15.1. The Kier molecular flexibility index (Phi) is 6.04. The molecule has 1 aromatic heterocycles. The van der Waals surface area contributed by atoms with Crippen molar-refractivity contribution in [2.24, 2.45) is 5.92 Å². The summed E-state index contributed by atoms with van der Waals surface area (Å²) in [7, 11) is 1.79. The highest BCUT2D eigenvalue weighted by molar-refractivity contribution is 5.73. The van der Waals surface area contributed by atoms with Crippen molar-refractivity contribution in [2.45, 2.75) is 12.8 Å². The lowest BCUT2D eigenvalue weighted by molar-refractivity contribution is 0.207. The van der Waals surface area contributed by atoms with E-state index < -0.39 is 0 Å². The lowest BCUT2D eigenvalue weighted by Gasteiger charge is -2.21. The van der Waals surface area contributed by atoms with Gasteiger partial charge in [-0.2, -0.15) is 0 Å². The maximum absolute atomic E-state index is 13.9. The molecule has 2 amide bonds. The van der Waals surface area contributed by atoms with Gasteiger partial charge in [-0.05, 0) is 36.6 Å². The molecule has 6 heteroatoms. The molecule has 1 atom stereocenters. The van der Waals surface area contributed by atoms with Crippen molar-refractivity contribution in [2.75, 3.05) is 38.1 Å². The number of likely N-dealkylation sites (N-methyl/N-ethyl adjacent to an activating group) is 1. The van der Waals surface area contributed by atoms with Gasteiger partial charge in [-0.25, -0.2) is 9.18 Å². The van der Waals surface area contributed by atoms with Gasteiger partial charge in [0.1, 0.15) is 5.82 Å². The molecule has 2 heterocycles. The molecule has 1 unspecified atom stereocenters. The number of nitrogens with one attached hydrogen (secondary N) is 1. The third kappa shape index (κ3) is 4.71. The number of anilines is 1. The Morgan fingerprint density at radius 2 is 2.12 bits per heavy atom. The summed E-state index contributed by atoms with van der Waals surface area (Å²) < 4.78 is 13.9. The van der Waals surface area contributed by atoms with E-state index in [4.69, 9.17) is 0 Å². The van der Waals surface area contributed by atoms with Crippen LogP contribution in [0.3, 0.4) is 0 Å². The number of aromatic nitrogens is 1. The first kappa shape index (κ1) is 18.2. The average Bonchev–Trinajstić information content (AvgIpc) is 3.14. The van der Waals surface area contributed by atoms with E-state index >= 15 is 0 Å². The molecule has 0 radical (unpaired) electrons. The summed E-state index contributed by atoms with van der Waals surface area (Å²) in [6.07, 6.45) is 3.44. The normalized spacial score (nSPS) is 16.5. The summed E-state index contributed by atoms with van der Waals surface area (Å²) in [4.78, 5) is 20.2. The summed E-state index contributed by atoms with van der Waals surface area (Å²) in [5, 5.41) is 2.99. The second kappa shape index (κ2) is 8.65. The summed E-state index contributed by atoms with van der Waals surface area (Å²) in [5.74, 6) is 0.147. The summed E-state index contributed by atoms with van der Waals surface area (Å²) in [6.45, 7) is 2.81. The predicted molar refractivity (Wildman–Crippen MR) is 101 cm³/mol. The minimum atomic E-state index is -0.188. The largest absolute Gasteiger partial charge is 0.369 e. The Balaban J connectivity index is 1.41. The van der Waals surface area contributed by atoms with Crippen LogP contribution in [-0.2, 0) is 6.42 Å². The number of para-hydroxylation sites is 1. The highest BCUT2D eigenvalue weighted by Gasteiger charge is 2.25. The van der Waals surface area contributed by atoms with Gasteiger partial charge in [-0.1, -0.05) is 18.2 Å². The van der Waals surface area contributed by atoms with Crippen LogP contribution in [0.1, 0.15) is 12.1 Å². The fourth-order valence-corrected chi connectivity index (χ4v) is 3.22. The molecule has 26 heavy (non-hydrogen) atoms. The molecule has 1 fully saturated rings. The number of benzene rings is 1. The van der Waals surface area contributed by atoms with Crippen LogP contribution in [0.5, 0.6) is 0 Å². The zero-order chi connectivity index (χ0) is 18.4. The molecular weight excluding hydrogens is 331 g/mol. The van der Waals surface area contributed by atoms with E-state index in [0.29, 0.717) is 24.7 Å². The van der Waals surface area contributed by atoms with Crippen molar-refractivity contribution >= 4 is 11.7 Å². The van der Waals surface area contributed by atoms with Crippen molar-refractivity contribution < 1.29 is 9.18 Å². The summed E-state index contributed by atoms with van der Waals surface area (Å²) in [6, 6.07) is 12.6. The number of rotatable bonds is 6. The number of urea groups is 1. The van der Waals surface area contributed by atoms with Gasteiger partial charge in [-0.3, -0.25) is 4.98 Å². The van der Waals surface area contributed by atoms with Crippen LogP contribution >= 0.6 is 0 Å². The van der Waals surface area contributed by atoms with Gasteiger partial charge in [0.15, 0.2) is 0 Å². The monoisotopic (exact) mass is 356 g/mol. The molecule has 0 aliphatic carbocycles. The molecule has 2 aromatic rings. The van der Waals surface area contributed by atoms with E-state index in [9.17, 15) is 9.18 Å². The molecule has 1 N–H and O–H groups in total. The lowest BCUT2D eigenvalue weighted by atomic mass is 10.1. The molecule has 1 aromatic carbocycles. The molecule has 0 spiro atoms. The van der Waals surface area contributed by atoms with Crippen LogP contribution < -0.4 is 10.2 Å². The van der Waals surface area contributed by atoms with Crippen LogP contribution in [-0.4, -0.2) is 49.1 Å². The van der Waals surface area contributed by atoms with Crippen molar-refractivity contribution in [3.05, 3.63) is 60.2 Å². The SMILES string of the molecule is CN(CCc1ccccn1)C(=O)NCC1CCN(c2ccccc2F)C1. The average molecular weight is 356 g/mol. The quantitative estimate of drug-likeness (QED) is 0.866. The van der Waals surface area contributed by atoms with Gasteiger partial charge in [-0.15, -0.1) is 0 Å². The van der Waals surface area contributed by atoms with Crippen molar-refractivity contribution in [1.82, 2.24) is 15.2 Å². The zero-order valence-electron chi connectivity index (χ0n) is 15.1. The standard InChI is InChI=1S/C20H25FN4O/c1-24(12-10-17-6-4-5-11-22-17)20(26)23-14-16-9-13-25(15-16)19-8-3-2-7-18(19)21/h2-8,11,16H,9-10,12-15H2,1H3,(H,23,26). The molecule has 1 saturated heterocycles. The Morgan fingerprint density at radius 3 is 2.88 bits per heavy atom. The molecule has 1 aliphatic rings. The number of halogens is 1. The van der Waals surface area contributed by atoms with Gasteiger partial charge < -0.3 is 15.1 Å². The van der Waals surface area contributed by atoms with Gasteiger partial charge in [0.25, 0.3) is 0 Å². The third-order valence-electron chi connectivity index (χ3n) is 4.80. The first-order chi connectivity index (χ1) is 12.6. The van der Waals surface area contributed by atoms with Crippen LogP contribution in [0, 0.1) is 11.7 Å². The second-order valence-corrected chi connectivity index (χ2v) is 6.73. The van der Waals surface area contributed by atoms with E-state index in [1.165, 1.54) is 6.07 Å². The van der Waals surface area contributed by atoms with Gasteiger partial charge in [0, 0.05) is 51.5 Å². The Labute approximate surface area is 153 Å². The van der Waals surface area contributed by atoms with Crippen LogP contribution in [0.4, 0.5) is 14.9 Å². The van der Waals surface area contributed by atoms with Gasteiger partial charge in [0.05, 0.1) is 5.69 Å². The number of hydrogen-bond acceptors (Lipinski definition) is 3. The van der Waals surface area contributed by atoms with E-state index in [-0.39, 0.29) is 11.8 Å². The number of pyridine rings is 1. The Morgan fingerprint density at radius 1 is 1.31 bits per heavy atom. The van der Waals surface area contributed by atoms with Crippen LogP contribution in [0.15, 0.2) is 48.7 Å². The van der Waals surface area contributed by atoms with E-state index in [0.717, 1.165) is 31.6 Å². The van der Waals surface area contributed by atoms with Crippen molar-refractivity contribution in [1.29, 1.82) is 0 Å². The Bertz CT molecular complexity index is 725. The highest BCUT2D eigenvalue weighted by atomic mass is 19.1. The second-order valence-electron chi connectivity index (χ2n) is 6.73. The summed E-state index contributed by atoms with van der Waals surface area (Å²) >= 11 is 0. The smallest absolute Gasteiger partial charge is 0.317 e. The minimum Gasteiger partial charge on any atom is -0.369 e. The van der Waals surface area contributed by atoms with E-state index in [2.05, 4.69) is 15.2 Å².